The minimum atomic E-state index is -0.269. The summed E-state index contributed by atoms with van der Waals surface area (Å²) < 4.78 is 1.09. The van der Waals surface area contributed by atoms with E-state index in [1.807, 2.05) is 12.1 Å². The topological polar surface area (TPSA) is 17.1 Å². The zero-order chi connectivity index (χ0) is 8.27. The number of halogens is 2. The second kappa shape index (κ2) is 4.24. The molecule has 1 nitrogen and oxygen atoms in total. The number of aryl methyl sites for hydroxylation is 1. The van der Waals surface area contributed by atoms with E-state index in [2.05, 4.69) is 15.9 Å². The van der Waals surface area contributed by atoms with Gasteiger partial charge in [0.25, 0.3) is 0 Å². The molecule has 0 radical (unpaired) electrons. The third kappa shape index (κ3) is 3.36. The van der Waals surface area contributed by atoms with Crippen LogP contribution in [0.2, 0.25) is 0 Å². The predicted molar refractivity (Wildman–Crippen MR) is 51.2 cm³/mol. The first-order chi connectivity index (χ1) is 5.18. The van der Waals surface area contributed by atoms with Crippen LogP contribution in [0.15, 0.2) is 15.9 Å². The van der Waals surface area contributed by atoms with Gasteiger partial charge in [0.2, 0.25) is 5.24 Å². The van der Waals surface area contributed by atoms with Crippen LogP contribution in [0.4, 0.5) is 0 Å². The number of rotatable bonds is 3. The lowest BCUT2D eigenvalue weighted by molar-refractivity contribution is -0.111. The molecule has 0 aliphatic carbocycles. The highest BCUT2D eigenvalue weighted by molar-refractivity contribution is 9.11. The van der Waals surface area contributed by atoms with Gasteiger partial charge in [0.15, 0.2) is 0 Å². The van der Waals surface area contributed by atoms with Gasteiger partial charge in [-0.15, -0.1) is 11.3 Å². The summed E-state index contributed by atoms with van der Waals surface area (Å²) in [6.07, 6.45) is 1.17. The molecule has 0 unspecified atom stereocenters. The first-order valence-corrected chi connectivity index (χ1v) is 5.10. The van der Waals surface area contributed by atoms with Gasteiger partial charge in [-0.25, -0.2) is 0 Å². The zero-order valence-electron chi connectivity index (χ0n) is 5.64. The molecule has 0 bridgehead atoms. The molecule has 0 aliphatic rings. The van der Waals surface area contributed by atoms with E-state index in [0.29, 0.717) is 6.42 Å². The zero-order valence-corrected chi connectivity index (χ0v) is 8.80. The molecule has 1 rings (SSSR count). The summed E-state index contributed by atoms with van der Waals surface area (Å²) in [5.74, 6) is 0. The van der Waals surface area contributed by atoms with Crippen LogP contribution in [0.25, 0.3) is 0 Å². The van der Waals surface area contributed by atoms with Crippen LogP contribution >= 0.6 is 38.9 Å². The molecule has 60 valence electrons. The maximum Gasteiger partial charge on any atom is 0.221 e. The SMILES string of the molecule is O=C(Cl)CCc1ccc(Br)s1. The second-order valence-electron chi connectivity index (χ2n) is 2.06. The van der Waals surface area contributed by atoms with E-state index in [0.717, 1.165) is 10.2 Å². The Labute approximate surface area is 82.5 Å². The fraction of sp³-hybridized carbons (Fsp3) is 0.286. The molecular formula is C7H6BrClOS. The maximum absolute atomic E-state index is 10.4. The average molecular weight is 254 g/mol. The predicted octanol–water partition coefficient (Wildman–Crippen LogP) is 3.21. The van der Waals surface area contributed by atoms with Gasteiger partial charge in [0.1, 0.15) is 0 Å². The van der Waals surface area contributed by atoms with Gasteiger partial charge in [0.05, 0.1) is 3.79 Å². The average Bonchev–Trinajstić information content (AvgIpc) is 2.31. The minimum absolute atomic E-state index is 0.269. The van der Waals surface area contributed by atoms with Crippen molar-refractivity contribution in [2.24, 2.45) is 0 Å². The smallest absolute Gasteiger partial charge is 0.221 e. The fourth-order valence-corrected chi connectivity index (χ4v) is 2.28. The Bertz CT molecular complexity index is 259. The Morgan fingerprint density at radius 3 is 2.82 bits per heavy atom. The van der Waals surface area contributed by atoms with Gasteiger partial charge in [-0.05, 0) is 46.1 Å². The van der Waals surface area contributed by atoms with Gasteiger partial charge >= 0.3 is 0 Å². The largest absolute Gasteiger partial charge is 0.281 e. The summed E-state index contributed by atoms with van der Waals surface area (Å²) >= 11 is 10.2. The maximum atomic E-state index is 10.4. The lowest BCUT2D eigenvalue weighted by atomic mass is 10.3. The van der Waals surface area contributed by atoms with Gasteiger partial charge in [0, 0.05) is 11.3 Å². The summed E-state index contributed by atoms with van der Waals surface area (Å²) in [5.41, 5.74) is 0. The molecule has 1 aromatic heterocycles. The van der Waals surface area contributed by atoms with Crippen LogP contribution in [-0.2, 0) is 11.2 Å². The molecule has 0 spiro atoms. The van der Waals surface area contributed by atoms with Crippen LogP contribution in [0, 0.1) is 0 Å². The quantitative estimate of drug-likeness (QED) is 0.756. The van der Waals surface area contributed by atoms with Crippen molar-refractivity contribution in [3.63, 3.8) is 0 Å². The van der Waals surface area contributed by atoms with Crippen molar-refractivity contribution >= 4 is 44.1 Å². The third-order valence-corrected chi connectivity index (χ3v) is 3.07. The van der Waals surface area contributed by atoms with Crippen LogP contribution < -0.4 is 0 Å². The summed E-state index contributed by atoms with van der Waals surface area (Å²) in [5, 5.41) is -0.269. The van der Waals surface area contributed by atoms with Gasteiger partial charge in [-0.2, -0.15) is 0 Å². The van der Waals surface area contributed by atoms with Gasteiger partial charge in [-0.1, -0.05) is 0 Å². The van der Waals surface area contributed by atoms with Crippen molar-refractivity contribution in [2.75, 3.05) is 0 Å². The number of carbonyl (C=O) groups is 1. The first-order valence-electron chi connectivity index (χ1n) is 3.11. The van der Waals surface area contributed by atoms with E-state index in [1.54, 1.807) is 11.3 Å². The van der Waals surface area contributed by atoms with Gasteiger partial charge in [-0.3, -0.25) is 4.79 Å². The highest BCUT2D eigenvalue weighted by Gasteiger charge is 2.00. The fourth-order valence-electron chi connectivity index (χ4n) is 0.708. The van der Waals surface area contributed by atoms with Crippen molar-refractivity contribution in [3.8, 4) is 0 Å². The van der Waals surface area contributed by atoms with Crippen LogP contribution in [0.5, 0.6) is 0 Å². The van der Waals surface area contributed by atoms with Crippen molar-refractivity contribution in [3.05, 3.63) is 20.8 Å². The molecule has 0 N–H and O–H groups in total. The van der Waals surface area contributed by atoms with Crippen molar-refractivity contribution in [1.29, 1.82) is 0 Å². The molecule has 0 fully saturated rings. The molecule has 0 amide bonds. The lowest BCUT2D eigenvalue weighted by Gasteiger charge is -1.89. The summed E-state index contributed by atoms with van der Waals surface area (Å²) in [4.78, 5) is 11.6. The van der Waals surface area contributed by atoms with E-state index in [1.165, 1.54) is 4.88 Å². The normalized spacial score (nSPS) is 10.0. The minimum Gasteiger partial charge on any atom is -0.281 e. The first kappa shape index (κ1) is 9.23. The van der Waals surface area contributed by atoms with Crippen molar-refractivity contribution < 1.29 is 4.79 Å². The molecule has 11 heavy (non-hydrogen) atoms. The molecule has 1 heterocycles. The third-order valence-electron chi connectivity index (χ3n) is 1.20. The molecule has 0 aromatic carbocycles. The van der Waals surface area contributed by atoms with E-state index >= 15 is 0 Å². The number of thiophene rings is 1. The van der Waals surface area contributed by atoms with Crippen molar-refractivity contribution in [2.45, 2.75) is 12.8 Å². The summed E-state index contributed by atoms with van der Waals surface area (Å²) in [6, 6.07) is 3.97. The van der Waals surface area contributed by atoms with E-state index in [9.17, 15) is 4.79 Å². The van der Waals surface area contributed by atoms with E-state index in [4.69, 9.17) is 11.6 Å². The number of hydrogen-bond donors (Lipinski definition) is 0. The molecular weight excluding hydrogens is 248 g/mol. The number of carbonyl (C=O) groups excluding carboxylic acids is 1. The Morgan fingerprint density at radius 1 is 1.64 bits per heavy atom. The van der Waals surface area contributed by atoms with Gasteiger partial charge < -0.3 is 0 Å². The summed E-state index contributed by atoms with van der Waals surface area (Å²) in [6.45, 7) is 0. The molecule has 1 aromatic rings. The molecule has 4 heteroatoms. The standard InChI is InChI=1S/C7H6BrClOS/c8-6-3-1-5(11-6)2-4-7(9)10/h1,3H,2,4H2. The molecule has 0 saturated heterocycles. The van der Waals surface area contributed by atoms with Crippen LogP contribution in [-0.4, -0.2) is 5.24 Å². The molecule has 0 atom stereocenters. The monoisotopic (exact) mass is 252 g/mol. The highest BCUT2D eigenvalue weighted by Crippen LogP contribution is 2.23. The highest BCUT2D eigenvalue weighted by atomic mass is 79.9. The Hall–Kier alpha value is 0.140. The van der Waals surface area contributed by atoms with Crippen molar-refractivity contribution in [1.82, 2.24) is 0 Å². The second-order valence-corrected chi connectivity index (χ2v) is 5.03. The Kier molecular flexibility index (Phi) is 3.55. The van der Waals surface area contributed by atoms with E-state index < -0.39 is 0 Å². The Balaban J connectivity index is 2.45. The number of hydrogen-bond acceptors (Lipinski definition) is 2. The lowest BCUT2D eigenvalue weighted by Crippen LogP contribution is -1.87. The molecule has 0 saturated carbocycles. The van der Waals surface area contributed by atoms with E-state index in [-0.39, 0.29) is 5.24 Å². The van der Waals surface area contributed by atoms with Crippen LogP contribution in [0.1, 0.15) is 11.3 Å². The van der Waals surface area contributed by atoms with Crippen LogP contribution in [0.3, 0.4) is 0 Å². The Morgan fingerprint density at radius 2 is 2.36 bits per heavy atom. The molecule has 0 aliphatic heterocycles. The summed E-state index contributed by atoms with van der Waals surface area (Å²) in [7, 11) is 0.